The molecule has 3 aromatic carbocycles. The molecule has 49 heavy (non-hydrogen) atoms. The molecule has 0 bridgehead atoms. The highest BCUT2D eigenvalue weighted by Crippen LogP contribution is 2.32. The predicted molar refractivity (Wildman–Crippen MR) is 185 cm³/mol. The summed E-state index contributed by atoms with van der Waals surface area (Å²) >= 11 is 0. The Kier molecular flexibility index (Phi) is 12.2. The van der Waals surface area contributed by atoms with Crippen LogP contribution in [-0.4, -0.2) is 57.1 Å². The molecule has 1 unspecified atom stereocenters. The van der Waals surface area contributed by atoms with Gasteiger partial charge in [0.15, 0.2) is 23.0 Å². The number of hydrogen-bond donors (Lipinski definition) is 3. The first-order valence-electron chi connectivity index (χ1n) is 15.8. The summed E-state index contributed by atoms with van der Waals surface area (Å²) in [5, 5.41) is 15.6. The number of carbonyl (C=O) groups is 4. The number of benzene rings is 3. The van der Waals surface area contributed by atoms with Crippen LogP contribution in [0.15, 0.2) is 77.8 Å². The van der Waals surface area contributed by atoms with E-state index in [4.69, 9.17) is 18.9 Å². The molecule has 4 rings (SSSR count). The predicted octanol–water partition coefficient (Wildman–Crippen LogP) is 6.57. The Balaban J connectivity index is 1.49. The van der Waals surface area contributed by atoms with Crippen LogP contribution in [0.2, 0.25) is 0 Å². The maximum absolute atomic E-state index is 13.0. The van der Waals surface area contributed by atoms with Crippen molar-refractivity contribution in [3.05, 3.63) is 106 Å². The normalized spacial score (nSPS) is 14.0. The molecule has 1 atom stereocenters. The van der Waals surface area contributed by atoms with E-state index in [0.717, 1.165) is 11.1 Å². The fourth-order valence-electron chi connectivity index (χ4n) is 5.69. The third kappa shape index (κ3) is 9.07. The van der Waals surface area contributed by atoms with Gasteiger partial charge >= 0.3 is 5.97 Å². The Morgan fingerprint density at radius 2 is 1.33 bits per heavy atom. The van der Waals surface area contributed by atoms with Crippen molar-refractivity contribution >= 4 is 34.9 Å². The molecule has 0 radical (unpaired) electrons. The lowest BCUT2D eigenvalue weighted by Crippen LogP contribution is -2.19. The lowest BCUT2D eigenvalue weighted by atomic mass is 9.89. The van der Waals surface area contributed by atoms with Crippen LogP contribution >= 0.6 is 0 Å². The zero-order chi connectivity index (χ0) is 35.7. The molecule has 3 N–H and O–H groups in total. The third-order valence-electron chi connectivity index (χ3n) is 8.34. The van der Waals surface area contributed by atoms with Gasteiger partial charge in [-0.15, -0.1) is 0 Å². The minimum atomic E-state index is -1.19. The van der Waals surface area contributed by atoms with Crippen LogP contribution in [0.5, 0.6) is 11.5 Å². The molecular weight excluding hydrogens is 628 g/mol. The molecule has 0 saturated heterocycles. The third-order valence-corrected chi connectivity index (χ3v) is 8.34. The summed E-state index contributed by atoms with van der Waals surface area (Å²) in [6.45, 7) is 3.73. The van der Waals surface area contributed by atoms with Crippen molar-refractivity contribution in [2.45, 2.75) is 46.0 Å². The second-order valence-electron chi connectivity index (χ2n) is 11.7. The van der Waals surface area contributed by atoms with Crippen LogP contribution in [-0.2, 0) is 31.9 Å². The van der Waals surface area contributed by atoms with E-state index in [1.807, 2.05) is 6.92 Å². The lowest BCUT2D eigenvalue weighted by molar-refractivity contribution is -0.116. The Bertz CT molecular complexity index is 1810. The van der Waals surface area contributed by atoms with Crippen LogP contribution in [0.3, 0.4) is 0 Å². The van der Waals surface area contributed by atoms with Gasteiger partial charge in [-0.2, -0.15) is 0 Å². The highest BCUT2D eigenvalue weighted by Gasteiger charge is 2.24. The number of carbonyl (C=O) groups excluding carboxylic acids is 3. The summed E-state index contributed by atoms with van der Waals surface area (Å²) in [6.07, 6.45) is 3.05. The van der Waals surface area contributed by atoms with Crippen LogP contribution in [0.1, 0.15) is 70.5 Å². The Morgan fingerprint density at radius 1 is 0.735 bits per heavy atom. The molecule has 0 aliphatic heterocycles. The molecular formula is C38H42N2O9. The van der Waals surface area contributed by atoms with Crippen LogP contribution < -0.4 is 20.1 Å². The molecule has 0 spiro atoms. The lowest BCUT2D eigenvalue weighted by Gasteiger charge is -2.24. The summed E-state index contributed by atoms with van der Waals surface area (Å²) in [5.41, 5.74) is 3.85. The average Bonchev–Trinajstić information content (AvgIpc) is 3.09. The van der Waals surface area contributed by atoms with E-state index in [2.05, 4.69) is 10.6 Å². The highest BCUT2D eigenvalue weighted by atomic mass is 16.5. The molecule has 0 heterocycles. The van der Waals surface area contributed by atoms with Crippen molar-refractivity contribution in [2.75, 3.05) is 39.1 Å². The minimum absolute atomic E-state index is 0.0442. The van der Waals surface area contributed by atoms with Gasteiger partial charge < -0.3 is 34.7 Å². The number of ketones is 1. The van der Waals surface area contributed by atoms with Gasteiger partial charge in [0, 0.05) is 24.8 Å². The quantitative estimate of drug-likeness (QED) is 0.153. The minimum Gasteiger partial charge on any atom is -0.497 e. The first-order chi connectivity index (χ1) is 23.5. The topological polar surface area (TPSA) is 149 Å². The summed E-state index contributed by atoms with van der Waals surface area (Å²) in [4.78, 5) is 51.1. The SMILES string of the molecule is CCC(=O)c1cc(Cc2ccc(NC(=O)CC3=CC(OC)=C(OC)CC3C)c(C(=O)O)c2)ccc1NC(=O)Cc1ccc(OC)c(OC)c1. The number of allylic oxidation sites excluding steroid dienone is 2. The summed E-state index contributed by atoms with van der Waals surface area (Å²) < 4.78 is 21.4. The van der Waals surface area contributed by atoms with Gasteiger partial charge in [0.25, 0.3) is 0 Å². The molecule has 1 aliphatic carbocycles. The second kappa shape index (κ2) is 16.5. The number of ether oxygens (including phenoxy) is 4. The molecule has 11 heteroatoms. The Morgan fingerprint density at radius 3 is 1.90 bits per heavy atom. The number of methoxy groups -OCH3 is 4. The first-order valence-corrected chi connectivity index (χ1v) is 15.8. The van der Waals surface area contributed by atoms with E-state index in [0.29, 0.717) is 58.2 Å². The van der Waals surface area contributed by atoms with Crippen molar-refractivity contribution in [1.29, 1.82) is 0 Å². The Labute approximate surface area is 285 Å². The van der Waals surface area contributed by atoms with Crippen molar-refractivity contribution in [2.24, 2.45) is 5.92 Å². The monoisotopic (exact) mass is 670 g/mol. The van der Waals surface area contributed by atoms with Crippen molar-refractivity contribution in [3.63, 3.8) is 0 Å². The molecule has 3 aromatic rings. The number of anilines is 2. The number of carboxylic acid groups (broad SMARTS) is 1. The fourth-order valence-corrected chi connectivity index (χ4v) is 5.69. The number of carboxylic acids is 1. The van der Waals surface area contributed by atoms with Crippen molar-refractivity contribution < 1.29 is 43.2 Å². The molecule has 0 aromatic heterocycles. The maximum atomic E-state index is 13.0. The highest BCUT2D eigenvalue weighted by molar-refractivity contribution is 6.05. The maximum Gasteiger partial charge on any atom is 0.337 e. The van der Waals surface area contributed by atoms with Crippen molar-refractivity contribution in [3.8, 4) is 11.5 Å². The molecule has 11 nitrogen and oxygen atoms in total. The Hall–Kier alpha value is -5.58. The van der Waals surface area contributed by atoms with E-state index < -0.39 is 5.97 Å². The first kappa shape index (κ1) is 36.3. The summed E-state index contributed by atoms with van der Waals surface area (Å²) in [6, 6.07) is 15.2. The number of nitrogens with one attached hydrogen (secondary N) is 2. The number of aromatic carboxylic acids is 1. The van der Waals surface area contributed by atoms with E-state index in [1.54, 1.807) is 68.6 Å². The van der Waals surface area contributed by atoms with Gasteiger partial charge in [-0.3, -0.25) is 14.4 Å². The van der Waals surface area contributed by atoms with Gasteiger partial charge in [0.1, 0.15) is 5.76 Å². The van der Waals surface area contributed by atoms with E-state index in [-0.39, 0.29) is 54.0 Å². The van der Waals surface area contributed by atoms with Gasteiger partial charge in [0.05, 0.1) is 51.8 Å². The van der Waals surface area contributed by atoms with E-state index >= 15 is 0 Å². The van der Waals surface area contributed by atoms with Crippen LogP contribution in [0.4, 0.5) is 11.4 Å². The molecule has 2 amide bonds. The number of amides is 2. The average molecular weight is 671 g/mol. The van der Waals surface area contributed by atoms with Gasteiger partial charge in [-0.05, 0) is 71.5 Å². The summed E-state index contributed by atoms with van der Waals surface area (Å²) in [7, 11) is 6.17. The van der Waals surface area contributed by atoms with Gasteiger partial charge in [-0.1, -0.05) is 37.6 Å². The van der Waals surface area contributed by atoms with E-state index in [1.165, 1.54) is 27.4 Å². The molecule has 258 valence electrons. The zero-order valence-corrected chi connectivity index (χ0v) is 28.6. The fraction of sp³-hybridized carbons (Fsp3) is 0.316. The second-order valence-corrected chi connectivity index (χ2v) is 11.7. The number of rotatable bonds is 15. The van der Waals surface area contributed by atoms with Crippen molar-refractivity contribution in [1.82, 2.24) is 0 Å². The van der Waals surface area contributed by atoms with Gasteiger partial charge in [-0.25, -0.2) is 4.79 Å². The largest absolute Gasteiger partial charge is 0.497 e. The zero-order valence-electron chi connectivity index (χ0n) is 28.6. The number of Topliss-reactive ketones (excluding diaryl/α,β-unsaturated/α-hetero) is 1. The summed E-state index contributed by atoms with van der Waals surface area (Å²) in [5.74, 6) is 0.376. The van der Waals surface area contributed by atoms with E-state index in [9.17, 15) is 24.3 Å². The van der Waals surface area contributed by atoms with Gasteiger partial charge in [0.2, 0.25) is 11.8 Å². The molecule has 1 aliphatic rings. The molecule has 0 saturated carbocycles. The van der Waals surface area contributed by atoms with Crippen LogP contribution in [0.25, 0.3) is 0 Å². The smallest absolute Gasteiger partial charge is 0.337 e. The number of hydrogen-bond acceptors (Lipinski definition) is 8. The van der Waals surface area contributed by atoms with Crippen LogP contribution in [0, 0.1) is 5.92 Å². The molecule has 0 fully saturated rings. The standard InChI is InChI=1S/C38H42N2O9/c1-7-31(41)27-16-23(8-11-29(27)39-36(42)19-25-10-13-32(46-3)34(18-25)48-5)15-24-9-12-30(28(17-24)38(44)45)40-37(43)21-26-20-35(49-6)33(47-4)14-22(26)2/h8-13,16-18,20,22H,7,14-15,19,21H2,1-6H3,(H,39,42)(H,40,43)(H,44,45).